The van der Waals surface area contributed by atoms with Crippen molar-refractivity contribution >= 4 is 24.3 Å². The number of carboxylic acids is 1. The molecule has 2 rings (SSSR count). The van der Waals surface area contributed by atoms with Crippen LogP contribution in [0, 0.1) is 11.6 Å². The molecule has 1 N–H and O–H groups in total. The average Bonchev–Trinajstić information content (AvgIpc) is 2.87. The van der Waals surface area contributed by atoms with Gasteiger partial charge in [-0.1, -0.05) is 6.07 Å². The lowest BCUT2D eigenvalue weighted by Crippen LogP contribution is -2.40. The van der Waals surface area contributed by atoms with E-state index in [0.29, 0.717) is 12.1 Å². The third kappa shape index (κ3) is 7.21. The highest BCUT2D eigenvalue weighted by Gasteiger charge is 2.25. The van der Waals surface area contributed by atoms with Crippen molar-refractivity contribution in [3.63, 3.8) is 0 Å². The van der Waals surface area contributed by atoms with Crippen molar-refractivity contribution in [2.75, 3.05) is 40.3 Å². The molecule has 1 aromatic carbocycles. The second kappa shape index (κ2) is 11.4. The summed E-state index contributed by atoms with van der Waals surface area (Å²) in [5, 5.41) is 8.95. The van der Waals surface area contributed by atoms with Crippen LogP contribution in [0.3, 0.4) is 0 Å². The molecule has 1 aliphatic rings. The van der Waals surface area contributed by atoms with Crippen LogP contribution < -0.4 is 0 Å². The van der Waals surface area contributed by atoms with E-state index in [-0.39, 0.29) is 43.5 Å². The zero-order valence-corrected chi connectivity index (χ0v) is 17.9. The van der Waals surface area contributed by atoms with Gasteiger partial charge in [-0.2, -0.15) is 0 Å². The van der Waals surface area contributed by atoms with Crippen molar-refractivity contribution in [3.8, 4) is 0 Å². The van der Waals surface area contributed by atoms with Crippen LogP contribution >= 0.6 is 12.4 Å². The van der Waals surface area contributed by atoms with Gasteiger partial charge >= 0.3 is 5.97 Å². The lowest BCUT2D eigenvalue weighted by atomic mass is 10.1. The van der Waals surface area contributed by atoms with Crippen molar-refractivity contribution in [1.82, 2.24) is 14.7 Å². The van der Waals surface area contributed by atoms with Gasteiger partial charge in [0.15, 0.2) is 11.6 Å². The van der Waals surface area contributed by atoms with Crippen molar-refractivity contribution in [3.05, 3.63) is 35.4 Å². The number of carbonyl (C=O) groups is 2. The highest BCUT2D eigenvalue weighted by molar-refractivity contribution is 5.85. The van der Waals surface area contributed by atoms with Crippen LogP contribution in [0.1, 0.15) is 37.8 Å². The lowest BCUT2D eigenvalue weighted by Gasteiger charge is -2.29. The Balaban J connectivity index is 0.00000420. The van der Waals surface area contributed by atoms with Gasteiger partial charge in [-0.25, -0.2) is 8.78 Å². The van der Waals surface area contributed by atoms with E-state index in [1.54, 1.807) is 18.9 Å². The van der Waals surface area contributed by atoms with E-state index in [1.165, 1.54) is 6.07 Å². The first-order chi connectivity index (χ1) is 13.2. The lowest BCUT2D eigenvalue weighted by molar-refractivity contribution is -0.138. The number of likely N-dealkylation sites (N-methyl/N-ethyl adjacent to an activating group) is 2. The standard InChI is InChI=1S/C20H29F2N3O3.ClH/c1-14(15-6-7-17(21)18(22)11-15)24(3)19(26)12-25-9-4-5-16(8-10-25)23(2)13-20(27)28;/h6-7,11,14,16H,4-5,8-10,12-13H2,1-3H3,(H,27,28);1H. The predicted octanol–water partition coefficient (Wildman–Crippen LogP) is 2.78. The van der Waals surface area contributed by atoms with Gasteiger partial charge in [0.2, 0.25) is 5.91 Å². The van der Waals surface area contributed by atoms with Crippen molar-refractivity contribution < 1.29 is 23.5 Å². The first kappa shape index (κ1) is 25.3. The molecule has 2 atom stereocenters. The zero-order valence-electron chi connectivity index (χ0n) is 17.1. The molecule has 0 saturated carbocycles. The summed E-state index contributed by atoms with van der Waals surface area (Å²) in [4.78, 5) is 29.1. The quantitative estimate of drug-likeness (QED) is 0.716. The molecule has 164 valence electrons. The van der Waals surface area contributed by atoms with Crippen molar-refractivity contribution in [2.45, 2.75) is 38.3 Å². The predicted molar refractivity (Wildman–Crippen MR) is 109 cm³/mol. The Kier molecular flexibility index (Phi) is 9.95. The molecule has 0 radical (unpaired) electrons. The second-order valence-electron chi connectivity index (χ2n) is 7.52. The molecule has 9 heteroatoms. The number of rotatable bonds is 7. The molecule has 1 amide bonds. The fourth-order valence-electron chi connectivity index (χ4n) is 3.59. The van der Waals surface area contributed by atoms with Gasteiger partial charge in [0.05, 0.1) is 19.1 Å². The van der Waals surface area contributed by atoms with E-state index in [2.05, 4.69) is 4.90 Å². The van der Waals surface area contributed by atoms with Gasteiger partial charge < -0.3 is 10.0 Å². The Bertz CT molecular complexity index is 708. The molecule has 0 aromatic heterocycles. The molecule has 2 unspecified atom stereocenters. The highest BCUT2D eigenvalue weighted by atomic mass is 35.5. The van der Waals surface area contributed by atoms with Gasteiger partial charge in [0.1, 0.15) is 0 Å². The first-order valence-electron chi connectivity index (χ1n) is 9.54. The molecule has 1 fully saturated rings. The largest absolute Gasteiger partial charge is 0.480 e. The normalized spacial score (nSPS) is 18.6. The molecular weight excluding hydrogens is 404 g/mol. The van der Waals surface area contributed by atoms with Crippen LogP contribution in [0.4, 0.5) is 8.78 Å². The van der Waals surface area contributed by atoms with E-state index in [0.717, 1.165) is 37.9 Å². The van der Waals surface area contributed by atoms with Crippen LogP contribution in [0.2, 0.25) is 0 Å². The molecule has 0 aliphatic carbocycles. The molecule has 1 aliphatic heterocycles. The summed E-state index contributed by atoms with van der Waals surface area (Å²) >= 11 is 0. The Hall–Kier alpha value is -1.77. The van der Waals surface area contributed by atoms with Crippen LogP contribution in [0.5, 0.6) is 0 Å². The van der Waals surface area contributed by atoms with Gasteiger partial charge in [-0.05, 0) is 57.5 Å². The van der Waals surface area contributed by atoms with E-state index in [4.69, 9.17) is 5.11 Å². The number of hydrogen-bond donors (Lipinski definition) is 1. The Labute approximate surface area is 176 Å². The summed E-state index contributed by atoms with van der Waals surface area (Å²) < 4.78 is 26.6. The fraction of sp³-hybridized carbons (Fsp3) is 0.600. The molecule has 1 saturated heterocycles. The van der Waals surface area contributed by atoms with Crippen LogP contribution in [0.15, 0.2) is 18.2 Å². The Morgan fingerprint density at radius 1 is 1.21 bits per heavy atom. The van der Waals surface area contributed by atoms with E-state index >= 15 is 0 Å². The smallest absolute Gasteiger partial charge is 0.317 e. The second-order valence-corrected chi connectivity index (χ2v) is 7.52. The number of benzene rings is 1. The monoisotopic (exact) mass is 433 g/mol. The minimum absolute atomic E-state index is 0. The summed E-state index contributed by atoms with van der Waals surface area (Å²) in [7, 11) is 3.48. The Morgan fingerprint density at radius 2 is 1.90 bits per heavy atom. The molecule has 0 spiro atoms. The third-order valence-corrected chi connectivity index (χ3v) is 5.56. The third-order valence-electron chi connectivity index (χ3n) is 5.56. The number of carboxylic acid groups (broad SMARTS) is 1. The van der Waals surface area contributed by atoms with Crippen LogP contribution in [-0.4, -0.2) is 78.0 Å². The summed E-state index contributed by atoms with van der Waals surface area (Å²) in [5.41, 5.74) is 0.543. The number of halogens is 3. The number of nitrogens with zero attached hydrogens (tertiary/aromatic N) is 3. The van der Waals surface area contributed by atoms with Gasteiger partial charge in [0.25, 0.3) is 0 Å². The molecule has 6 nitrogen and oxygen atoms in total. The number of likely N-dealkylation sites (tertiary alicyclic amines) is 1. The topological polar surface area (TPSA) is 64.1 Å². The maximum Gasteiger partial charge on any atom is 0.317 e. The first-order valence-corrected chi connectivity index (χ1v) is 9.54. The summed E-state index contributed by atoms with van der Waals surface area (Å²) in [6.45, 7) is 3.53. The molecule has 1 aromatic rings. The maximum absolute atomic E-state index is 13.5. The van der Waals surface area contributed by atoms with E-state index in [9.17, 15) is 18.4 Å². The minimum Gasteiger partial charge on any atom is -0.480 e. The van der Waals surface area contributed by atoms with Gasteiger partial charge in [-0.15, -0.1) is 12.4 Å². The fourth-order valence-corrected chi connectivity index (χ4v) is 3.59. The highest BCUT2D eigenvalue weighted by Crippen LogP contribution is 2.22. The summed E-state index contributed by atoms with van der Waals surface area (Å²) in [6.07, 6.45) is 2.60. The number of carbonyl (C=O) groups excluding carboxylic acids is 1. The average molecular weight is 434 g/mol. The minimum atomic E-state index is -0.922. The van der Waals surface area contributed by atoms with Crippen LogP contribution in [-0.2, 0) is 9.59 Å². The van der Waals surface area contributed by atoms with E-state index < -0.39 is 17.6 Å². The number of aliphatic carboxylic acids is 1. The van der Waals surface area contributed by atoms with Gasteiger partial charge in [0, 0.05) is 19.6 Å². The molecular formula is C20H30ClF2N3O3. The zero-order chi connectivity index (χ0) is 20.8. The van der Waals surface area contributed by atoms with Gasteiger partial charge in [-0.3, -0.25) is 19.4 Å². The number of hydrogen-bond acceptors (Lipinski definition) is 4. The molecule has 1 heterocycles. The SMILES string of the molecule is CC(c1ccc(F)c(F)c1)N(C)C(=O)CN1CCCC(N(C)CC(=O)O)CC1.Cl. The van der Waals surface area contributed by atoms with Crippen LogP contribution in [0.25, 0.3) is 0 Å². The molecule has 0 bridgehead atoms. The van der Waals surface area contributed by atoms with E-state index in [1.807, 2.05) is 11.9 Å². The maximum atomic E-state index is 13.5. The summed E-state index contributed by atoms with van der Waals surface area (Å²) in [5.74, 6) is -2.76. The van der Waals surface area contributed by atoms with Crippen molar-refractivity contribution in [1.29, 1.82) is 0 Å². The molecule has 29 heavy (non-hydrogen) atoms. The Morgan fingerprint density at radius 3 is 2.52 bits per heavy atom. The number of amides is 1. The van der Waals surface area contributed by atoms with Crippen molar-refractivity contribution in [2.24, 2.45) is 0 Å². The summed E-state index contributed by atoms with van der Waals surface area (Å²) in [6, 6.07) is 3.50.